The number of nitrogen functional groups attached to an aromatic ring is 1. The van der Waals surface area contributed by atoms with E-state index >= 15 is 0 Å². The molecule has 0 amide bonds. The second kappa shape index (κ2) is 4.24. The van der Waals surface area contributed by atoms with E-state index in [0.29, 0.717) is 17.9 Å². The van der Waals surface area contributed by atoms with Crippen LogP contribution in [0.2, 0.25) is 0 Å². The molecule has 0 aliphatic rings. The Labute approximate surface area is 117 Å². The lowest BCUT2D eigenvalue weighted by molar-refractivity contribution is 0.808. The van der Waals surface area contributed by atoms with E-state index < -0.39 is 0 Å². The van der Waals surface area contributed by atoms with Crippen LogP contribution >= 0.6 is 11.3 Å². The van der Waals surface area contributed by atoms with Gasteiger partial charge in [0, 0.05) is 0 Å². The van der Waals surface area contributed by atoms with Crippen LogP contribution in [0, 0.1) is 0 Å². The van der Waals surface area contributed by atoms with Crippen LogP contribution in [0.4, 0.5) is 5.82 Å². The standard InChI is InChI=1S/C13H10N6S/c14-12-11-13(16-6-15-12)19(7-17-11)5-10-18-8-3-1-2-4-9(8)20-10/h1-4,6-7H,5H2,(H2,14,15,16). The SMILES string of the molecule is Nc1ncnc2c1ncn2Cc1nc2ccccc2s1. The van der Waals surface area contributed by atoms with Crippen LogP contribution in [0.1, 0.15) is 5.01 Å². The van der Waals surface area contributed by atoms with Gasteiger partial charge in [0.05, 0.1) is 23.1 Å². The maximum atomic E-state index is 5.78. The number of anilines is 1. The lowest BCUT2D eigenvalue weighted by atomic mass is 10.3. The first-order chi connectivity index (χ1) is 9.81. The first-order valence-corrected chi connectivity index (χ1v) is 6.88. The van der Waals surface area contributed by atoms with E-state index in [-0.39, 0.29) is 0 Å². The summed E-state index contributed by atoms with van der Waals surface area (Å²) in [6, 6.07) is 8.10. The van der Waals surface area contributed by atoms with Crippen LogP contribution in [0.15, 0.2) is 36.9 Å². The number of hydrogen-bond acceptors (Lipinski definition) is 6. The van der Waals surface area contributed by atoms with Gasteiger partial charge in [0.15, 0.2) is 11.5 Å². The first-order valence-electron chi connectivity index (χ1n) is 6.07. The zero-order chi connectivity index (χ0) is 13.5. The smallest absolute Gasteiger partial charge is 0.165 e. The fourth-order valence-corrected chi connectivity index (χ4v) is 3.11. The number of thiazole rings is 1. The molecule has 0 unspecified atom stereocenters. The van der Waals surface area contributed by atoms with Gasteiger partial charge in [-0.25, -0.2) is 19.9 Å². The molecule has 98 valence electrons. The summed E-state index contributed by atoms with van der Waals surface area (Å²) in [5.41, 5.74) is 8.17. The highest BCUT2D eigenvalue weighted by molar-refractivity contribution is 7.18. The summed E-state index contributed by atoms with van der Waals surface area (Å²) in [5, 5.41) is 1.02. The molecule has 20 heavy (non-hydrogen) atoms. The molecule has 0 spiro atoms. The maximum absolute atomic E-state index is 5.78. The fourth-order valence-electron chi connectivity index (χ4n) is 2.15. The topological polar surface area (TPSA) is 82.5 Å². The minimum atomic E-state index is 0.401. The van der Waals surface area contributed by atoms with Gasteiger partial charge < -0.3 is 10.3 Å². The summed E-state index contributed by atoms with van der Waals surface area (Å²) >= 11 is 1.67. The minimum Gasteiger partial charge on any atom is -0.382 e. The molecular formula is C13H10N6S. The molecule has 0 aliphatic heterocycles. The van der Waals surface area contributed by atoms with Crippen molar-refractivity contribution in [1.82, 2.24) is 24.5 Å². The van der Waals surface area contributed by atoms with E-state index in [1.807, 2.05) is 22.8 Å². The predicted octanol–water partition coefficient (Wildman–Crippen LogP) is 2.07. The van der Waals surface area contributed by atoms with Crippen molar-refractivity contribution in [3.05, 3.63) is 41.9 Å². The van der Waals surface area contributed by atoms with Crippen LogP contribution in [0.25, 0.3) is 21.4 Å². The van der Waals surface area contributed by atoms with Crippen molar-refractivity contribution in [2.75, 3.05) is 5.73 Å². The third-order valence-electron chi connectivity index (χ3n) is 3.07. The molecule has 0 bridgehead atoms. The Bertz CT molecular complexity index is 876. The van der Waals surface area contributed by atoms with Gasteiger partial charge in [-0.15, -0.1) is 11.3 Å². The molecule has 2 N–H and O–H groups in total. The van der Waals surface area contributed by atoms with E-state index in [9.17, 15) is 0 Å². The quantitative estimate of drug-likeness (QED) is 0.608. The number of imidazole rings is 1. The third-order valence-corrected chi connectivity index (χ3v) is 4.09. The molecular weight excluding hydrogens is 272 g/mol. The molecule has 0 fully saturated rings. The number of hydrogen-bond donors (Lipinski definition) is 1. The van der Waals surface area contributed by atoms with Gasteiger partial charge in [0.2, 0.25) is 0 Å². The number of rotatable bonds is 2. The molecule has 4 rings (SSSR count). The van der Waals surface area contributed by atoms with Gasteiger partial charge in [-0.1, -0.05) is 12.1 Å². The number of nitrogens with two attached hydrogens (primary N) is 1. The summed E-state index contributed by atoms with van der Waals surface area (Å²) in [6.07, 6.45) is 3.18. The number of nitrogens with zero attached hydrogens (tertiary/aromatic N) is 5. The Balaban J connectivity index is 1.78. The highest BCUT2D eigenvalue weighted by Crippen LogP contribution is 2.23. The Morgan fingerprint density at radius 3 is 2.95 bits per heavy atom. The van der Waals surface area contributed by atoms with Crippen LogP contribution in [0.3, 0.4) is 0 Å². The second-order valence-electron chi connectivity index (χ2n) is 4.38. The highest BCUT2D eigenvalue weighted by atomic mass is 32.1. The second-order valence-corrected chi connectivity index (χ2v) is 5.49. The summed E-state index contributed by atoms with van der Waals surface area (Å²) in [4.78, 5) is 17.0. The Hall–Kier alpha value is -2.54. The molecule has 1 aromatic carbocycles. The number of fused-ring (bicyclic) bond motifs is 2. The molecule has 0 saturated carbocycles. The average molecular weight is 282 g/mol. The van der Waals surface area contributed by atoms with E-state index in [0.717, 1.165) is 16.2 Å². The molecule has 6 nitrogen and oxygen atoms in total. The van der Waals surface area contributed by atoms with E-state index in [1.165, 1.54) is 11.0 Å². The van der Waals surface area contributed by atoms with E-state index in [4.69, 9.17) is 5.73 Å². The molecule has 0 radical (unpaired) electrons. The Morgan fingerprint density at radius 1 is 1.15 bits per heavy atom. The van der Waals surface area contributed by atoms with Crippen LogP contribution < -0.4 is 5.73 Å². The summed E-state index contributed by atoms with van der Waals surface area (Å²) < 4.78 is 3.12. The van der Waals surface area contributed by atoms with Gasteiger partial charge in [-0.2, -0.15) is 0 Å². The summed E-state index contributed by atoms with van der Waals surface area (Å²) in [7, 11) is 0. The molecule has 7 heteroatoms. The molecule has 4 aromatic rings. The first kappa shape index (κ1) is 11.3. The highest BCUT2D eigenvalue weighted by Gasteiger charge is 2.10. The zero-order valence-corrected chi connectivity index (χ0v) is 11.2. The van der Waals surface area contributed by atoms with Gasteiger partial charge in [-0.3, -0.25) is 0 Å². The normalized spacial score (nSPS) is 11.4. The van der Waals surface area contributed by atoms with Crippen molar-refractivity contribution >= 4 is 38.5 Å². The molecule has 0 atom stereocenters. The van der Waals surface area contributed by atoms with Gasteiger partial charge in [0.25, 0.3) is 0 Å². The lowest BCUT2D eigenvalue weighted by Gasteiger charge is -1.99. The van der Waals surface area contributed by atoms with Gasteiger partial charge in [-0.05, 0) is 12.1 Å². The van der Waals surface area contributed by atoms with Crippen LogP contribution in [-0.2, 0) is 6.54 Å². The summed E-state index contributed by atoms with van der Waals surface area (Å²) in [6.45, 7) is 0.631. The van der Waals surface area contributed by atoms with Crippen molar-refractivity contribution in [1.29, 1.82) is 0 Å². The number of benzene rings is 1. The van der Waals surface area contributed by atoms with Gasteiger partial charge in [0.1, 0.15) is 16.9 Å². The predicted molar refractivity (Wildman–Crippen MR) is 78.5 cm³/mol. The van der Waals surface area contributed by atoms with Crippen molar-refractivity contribution in [2.45, 2.75) is 6.54 Å². The molecule has 0 saturated heterocycles. The molecule has 3 heterocycles. The zero-order valence-electron chi connectivity index (χ0n) is 10.4. The van der Waals surface area contributed by atoms with Gasteiger partial charge >= 0.3 is 0 Å². The number of para-hydroxylation sites is 1. The largest absolute Gasteiger partial charge is 0.382 e. The molecule has 0 aliphatic carbocycles. The van der Waals surface area contributed by atoms with E-state index in [2.05, 4.69) is 26.0 Å². The van der Waals surface area contributed by atoms with E-state index in [1.54, 1.807) is 17.7 Å². The maximum Gasteiger partial charge on any atom is 0.165 e. The molecule has 3 aromatic heterocycles. The number of aromatic nitrogens is 5. The van der Waals surface area contributed by atoms with Crippen molar-refractivity contribution in [2.24, 2.45) is 0 Å². The fraction of sp³-hybridized carbons (Fsp3) is 0.0769. The van der Waals surface area contributed by atoms with Crippen LogP contribution in [-0.4, -0.2) is 24.5 Å². The Kier molecular flexibility index (Phi) is 2.40. The lowest BCUT2D eigenvalue weighted by Crippen LogP contribution is -2.00. The average Bonchev–Trinajstić information content (AvgIpc) is 3.04. The van der Waals surface area contributed by atoms with Crippen molar-refractivity contribution in [3.8, 4) is 0 Å². The minimum absolute atomic E-state index is 0.401. The Morgan fingerprint density at radius 2 is 2.05 bits per heavy atom. The monoisotopic (exact) mass is 282 g/mol. The summed E-state index contributed by atoms with van der Waals surface area (Å²) in [5.74, 6) is 0.401. The van der Waals surface area contributed by atoms with Crippen LogP contribution in [0.5, 0.6) is 0 Å². The van der Waals surface area contributed by atoms with Crippen molar-refractivity contribution in [3.63, 3.8) is 0 Å². The van der Waals surface area contributed by atoms with Crippen molar-refractivity contribution < 1.29 is 0 Å². The third kappa shape index (κ3) is 1.71.